The summed E-state index contributed by atoms with van der Waals surface area (Å²) in [5.41, 5.74) is -0.0873. The normalized spacial score (nSPS) is 20.0. The van der Waals surface area contributed by atoms with Crippen LogP contribution in [0.3, 0.4) is 0 Å². The van der Waals surface area contributed by atoms with Gasteiger partial charge in [-0.1, -0.05) is 6.07 Å². The number of amides is 1. The van der Waals surface area contributed by atoms with Crippen molar-refractivity contribution in [1.29, 1.82) is 0 Å². The zero-order valence-corrected chi connectivity index (χ0v) is 14.2. The minimum atomic E-state index is -1.10. The van der Waals surface area contributed by atoms with Crippen molar-refractivity contribution >= 4 is 5.91 Å². The first-order chi connectivity index (χ1) is 11.9. The molecule has 3 rings (SSSR count). The lowest BCUT2D eigenvalue weighted by atomic mass is 10.1. The minimum Gasteiger partial charge on any atom is -0.490 e. The van der Waals surface area contributed by atoms with E-state index in [1.807, 2.05) is 13.2 Å². The van der Waals surface area contributed by atoms with E-state index in [4.69, 9.17) is 4.74 Å². The number of aromatic nitrogens is 2. The van der Waals surface area contributed by atoms with E-state index in [2.05, 4.69) is 5.10 Å². The van der Waals surface area contributed by atoms with E-state index in [-0.39, 0.29) is 24.9 Å². The molecule has 1 N–H and O–H groups in total. The lowest BCUT2D eigenvalue weighted by molar-refractivity contribution is -0.131. The number of hydrogen-bond donors (Lipinski definition) is 1. The van der Waals surface area contributed by atoms with Crippen LogP contribution in [0.4, 0.5) is 4.39 Å². The molecule has 1 aliphatic rings. The summed E-state index contributed by atoms with van der Waals surface area (Å²) in [6, 6.07) is 5.80. The fourth-order valence-electron chi connectivity index (χ4n) is 2.97. The highest BCUT2D eigenvalue weighted by Gasteiger charge is 2.38. The van der Waals surface area contributed by atoms with Gasteiger partial charge in [0.25, 0.3) is 0 Å². The third-order valence-electron chi connectivity index (χ3n) is 4.37. The Kier molecular flexibility index (Phi) is 5.03. The van der Waals surface area contributed by atoms with E-state index in [0.717, 1.165) is 5.56 Å². The number of nitrogens with zero attached hydrogens (tertiary/aromatic N) is 3. The Morgan fingerprint density at radius 1 is 1.48 bits per heavy atom. The van der Waals surface area contributed by atoms with Gasteiger partial charge in [0.15, 0.2) is 0 Å². The van der Waals surface area contributed by atoms with Gasteiger partial charge in [-0.2, -0.15) is 5.10 Å². The van der Waals surface area contributed by atoms with Crippen molar-refractivity contribution in [3.05, 3.63) is 48.0 Å². The molecule has 0 spiro atoms. The Morgan fingerprint density at radius 3 is 3.04 bits per heavy atom. The van der Waals surface area contributed by atoms with Crippen molar-refractivity contribution in [2.45, 2.75) is 24.9 Å². The SMILES string of the molecule is Cn1cc(CCC(=O)N2CCC(O)(COc3cccc(F)c3)C2)cn1. The van der Waals surface area contributed by atoms with Gasteiger partial charge in [0.1, 0.15) is 23.8 Å². The first-order valence-corrected chi connectivity index (χ1v) is 8.30. The van der Waals surface area contributed by atoms with Crippen LogP contribution in [0.1, 0.15) is 18.4 Å². The maximum absolute atomic E-state index is 13.2. The molecule has 1 aromatic carbocycles. The average molecular weight is 347 g/mol. The van der Waals surface area contributed by atoms with Crippen molar-refractivity contribution < 1.29 is 19.0 Å². The van der Waals surface area contributed by atoms with E-state index in [1.54, 1.807) is 27.9 Å². The smallest absolute Gasteiger partial charge is 0.223 e. The van der Waals surface area contributed by atoms with Gasteiger partial charge in [0.05, 0.1) is 12.7 Å². The zero-order valence-electron chi connectivity index (χ0n) is 14.2. The van der Waals surface area contributed by atoms with Crippen molar-refractivity contribution in [1.82, 2.24) is 14.7 Å². The molecule has 2 heterocycles. The average Bonchev–Trinajstić information content (AvgIpc) is 3.18. The number of carbonyl (C=O) groups is 1. The monoisotopic (exact) mass is 347 g/mol. The van der Waals surface area contributed by atoms with Crippen LogP contribution >= 0.6 is 0 Å². The predicted octanol–water partition coefficient (Wildman–Crippen LogP) is 1.53. The summed E-state index contributed by atoms with van der Waals surface area (Å²) < 4.78 is 20.4. The van der Waals surface area contributed by atoms with Gasteiger partial charge < -0.3 is 14.7 Å². The highest BCUT2D eigenvalue weighted by atomic mass is 19.1. The van der Waals surface area contributed by atoms with Crippen LogP contribution in [0, 0.1) is 5.82 Å². The van der Waals surface area contributed by atoms with Gasteiger partial charge in [-0.05, 0) is 30.5 Å². The van der Waals surface area contributed by atoms with Crippen molar-refractivity contribution in [2.24, 2.45) is 7.05 Å². The lowest BCUT2D eigenvalue weighted by Crippen LogP contribution is -2.40. The maximum atomic E-state index is 13.2. The fourth-order valence-corrected chi connectivity index (χ4v) is 2.97. The first kappa shape index (κ1) is 17.4. The third-order valence-corrected chi connectivity index (χ3v) is 4.37. The molecule has 134 valence electrons. The number of hydrogen-bond acceptors (Lipinski definition) is 4. The second-order valence-electron chi connectivity index (χ2n) is 6.56. The lowest BCUT2D eigenvalue weighted by Gasteiger charge is -2.23. The number of rotatable bonds is 6. The number of halogens is 1. The van der Waals surface area contributed by atoms with E-state index in [0.29, 0.717) is 31.6 Å². The summed E-state index contributed by atoms with van der Waals surface area (Å²) in [6.45, 7) is 0.756. The Labute approximate surface area is 145 Å². The molecule has 1 fully saturated rings. The molecule has 0 saturated carbocycles. The molecule has 0 aliphatic carbocycles. The molecule has 1 atom stereocenters. The summed E-state index contributed by atoms with van der Waals surface area (Å²) in [7, 11) is 1.84. The van der Waals surface area contributed by atoms with Crippen LogP contribution in [0.2, 0.25) is 0 Å². The number of aryl methyl sites for hydroxylation is 2. The van der Waals surface area contributed by atoms with Gasteiger partial charge in [0.2, 0.25) is 5.91 Å². The topological polar surface area (TPSA) is 67.6 Å². The van der Waals surface area contributed by atoms with E-state index in [1.165, 1.54) is 12.1 Å². The molecule has 0 radical (unpaired) electrons. The second-order valence-corrected chi connectivity index (χ2v) is 6.56. The quantitative estimate of drug-likeness (QED) is 0.861. The molecule has 25 heavy (non-hydrogen) atoms. The van der Waals surface area contributed by atoms with Crippen LogP contribution in [-0.2, 0) is 18.3 Å². The summed E-state index contributed by atoms with van der Waals surface area (Å²) in [4.78, 5) is 14.0. The van der Waals surface area contributed by atoms with Gasteiger partial charge in [-0.25, -0.2) is 4.39 Å². The number of aliphatic hydroxyl groups is 1. The van der Waals surface area contributed by atoms with Gasteiger partial charge in [-0.15, -0.1) is 0 Å². The molecule has 1 aromatic heterocycles. The number of likely N-dealkylation sites (tertiary alicyclic amines) is 1. The molecular formula is C18H22FN3O3. The summed E-state index contributed by atoms with van der Waals surface area (Å²) in [5, 5.41) is 14.7. The summed E-state index contributed by atoms with van der Waals surface area (Å²) in [6.07, 6.45) is 5.09. The maximum Gasteiger partial charge on any atom is 0.223 e. The molecule has 2 aromatic rings. The van der Waals surface area contributed by atoms with Gasteiger partial charge >= 0.3 is 0 Å². The van der Waals surface area contributed by atoms with Crippen molar-refractivity contribution in [2.75, 3.05) is 19.7 Å². The predicted molar refractivity (Wildman–Crippen MR) is 89.6 cm³/mol. The minimum absolute atomic E-state index is 0.00512. The van der Waals surface area contributed by atoms with Crippen LogP contribution in [0.15, 0.2) is 36.7 Å². The number of carbonyl (C=O) groups excluding carboxylic acids is 1. The van der Waals surface area contributed by atoms with Crippen LogP contribution in [0.5, 0.6) is 5.75 Å². The summed E-state index contributed by atoms with van der Waals surface area (Å²) >= 11 is 0. The highest BCUT2D eigenvalue weighted by Crippen LogP contribution is 2.24. The molecule has 1 amide bonds. The Balaban J connectivity index is 1.48. The Bertz CT molecular complexity index is 749. The van der Waals surface area contributed by atoms with E-state index < -0.39 is 5.60 Å². The van der Waals surface area contributed by atoms with Gasteiger partial charge in [-0.3, -0.25) is 9.48 Å². The molecule has 7 heteroatoms. The zero-order chi connectivity index (χ0) is 17.9. The van der Waals surface area contributed by atoms with E-state index in [9.17, 15) is 14.3 Å². The van der Waals surface area contributed by atoms with Crippen LogP contribution in [0.25, 0.3) is 0 Å². The Hall–Kier alpha value is -2.41. The highest BCUT2D eigenvalue weighted by molar-refractivity contribution is 5.76. The molecule has 1 unspecified atom stereocenters. The standard InChI is InChI=1S/C18H22FN3O3/c1-21-11-14(10-20-21)5-6-17(23)22-8-7-18(24,12-22)13-25-16-4-2-3-15(19)9-16/h2-4,9-11,24H,5-8,12-13H2,1H3. The third kappa shape index (κ3) is 4.57. The molecular weight excluding hydrogens is 325 g/mol. The van der Waals surface area contributed by atoms with E-state index >= 15 is 0 Å². The number of benzene rings is 1. The first-order valence-electron chi connectivity index (χ1n) is 8.30. The molecule has 6 nitrogen and oxygen atoms in total. The summed E-state index contributed by atoms with van der Waals surface area (Å²) in [5.74, 6) is -0.0107. The van der Waals surface area contributed by atoms with Crippen molar-refractivity contribution in [3.8, 4) is 5.75 Å². The molecule has 1 saturated heterocycles. The Morgan fingerprint density at radius 2 is 2.32 bits per heavy atom. The number of β-amino-alcohol motifs (C(OH)–C–C–N with tert-alkyl or cyclic N) is 1. The largest absolute Gasteiger partial charge is 0.490 e. The number of ether oxygens (including phenoxy) is 1. The molecule has 1 aliphatic heterocycles. The molecule has 0 bridgehead atoms. The van der Waals surface area contributed by atoms with Gasteiger partial charge in [0, 0.05) is 32.3 Å². The van der Waals surface area contributed by atoms with Crippen LogP contribution < -0.4 is 4.74 Å². The fraction of sp³-hybridized carbons (Fsp3) is 0.444. The van der Waals surface area contributed by atoms with Crippen molar-refractivity contribution in [3.63, 3.8) is 0 Å². The van der Waals surface area contributed by atoms with Crippen LogP contribution in [-0.4, -0.2) is 51.0 Å². The second kappa shape index (κ2) is 7.23.